The fourth-order valence-electron chi connectivity index (χ4n) is 0.386. The summed E-state index contributed by atoms with van der Waals surface area (Å²) >= 11 is 0. The van der Waals surface area contributed by atoms with Crippen molar-refractivity contribution in [1.29, 1.82) is 0 Å². The van der Waals surface area contributed by atoms with E-state index >= 15 is 0 Å². The molecule has 8 heteroatoms. The Morgan fingerprint density at radius 2 is 2.23 bits per heavy atom. The second kappa shape index (κ2) is 5.91. The van der Waals surface area contributed by atoms with Gasteiger partial charge >= 0.3 is 0 Å². The highest BCUT2D eigenvalue weighted by Crippen LogP contribution is 1.85. The molecule has 0 fully saturated rings. The molecule has 0 aliphatic heterocycles. The first kappa shape index (κ1) is 11.3. The molecule has 13 heavy (non-hydrogen) atoms. The van der Waals surface area contributed by atoms with Gasteiger partial charge in [-0.2, -0.15) is 4.79 Å². The van der Waals surface area contributed by atoms with E-state index in [1.807, 2.05) is 0 Å². The highest BCUT2D eigenvalue weighted by Gasteiger charge is 1.91. The summed E-state index contributed by atoms with van der Waals surface area (Å²) in [5.74, 6) is 3.65. The maximum atomic E-state index is 9.01. The molecule has 0 unspecified atom stereocenters. The van der Waals surface area contributed by atoms with Crippen LogP contribution in [0.1, 0.15) is 5.69 Å². The van der Waals surface area contributed by atoms with Crippen molar-refractivity contribution in [2.24, 2.45) is 0 Å². The highest BCUT2D eigenvalue weighted by atomic mass is 16.4. The van der Waals surface area contributed by atoms with E-state index in [-0.39, 0.29) is 6.61 Å². The Hall–Kier alpha value is -1.67. The summed E-state index contributed by atoms with van der Waals surface area (Å²) in [6.45, 7) is -1.00. The zero-order chi connectivity index (χ0) is 10.3. The molecule has 0 amide bonds. The molecule has 1 rings (SSSR count). The Labute approximate surface area is 73.2 Å². The van der Waals surface area contributed by atoms with E-state index in [9.17, 15) is 0 Å². The summed E-state index contributed by atoms with van der Waals surface area (Å²) in [6.07, 6.45) is 1.44. The Morgan fingerprint density at radius 3 is 2.38 bits per heavy atom. The number of nitrogen functional groups attached to an aromatic ring is 1. The maximum Gasteiger partial charge on any atom is 0.110 e. The van der Waals surface area contributed by atoms with Gasteiger partial charge in [0.05, 0.1) is 25.4 Å². The van der Waals surface area contributed by atoms with Crippen LogP contribution in [0.5, 0.6) is 0 Å². The first-order valence-corrected chi connectivity index (χ1v) is 3.18. The van der Waals surface area contributed by atoms with Gasteiger partial charge in [0.1, 0.15) is 5.69 Å². The standard InChI is InChI=1S/C3H6N4O.C2H4O3/c4-7-1-3(2-8)5-6-7;3-1-2(4)5/h1,8H,2,4H2;3H,1H2,(H,4,5)/p-1. The van der Waals surface area contributed by atoms with Crippen molar-refractivity contribution in [3.63, 3.8) is 0 Å². The number of aliphatic carboxylic acids is 1. The summed E-state index contributed by atoms with van der Waals surface area (Å²) in [5, 5.41) is 31.7. The van der Waals surface area contributed by atoms with E-state index in [2.05, 4.69) is 10.3 Å². The zero-order valence-corrected chi connectivity index (χ0v) is 6.62. The first-order valence-electron chi connectivity index (χ1n) is 3.18. The topological polar surface area (TPSA) is 137 Å². The molecule has 0 atom stereocenters. The van der Waals surface area contributed by atoms with Crippen molar-refractivity contribution in [3.05, 3.63) is 11.9 Å². The molecule has 0 saturated heterocycles. The van der Waals surface area contributed by atoms with Gasteiger partial charge in [-0.1, -0.05) is 0 Å². The van der Waals surface area contributed by atoms with Crippen molar-refractivity contribution < 1.29 is 20.1 Å². The minimum atomic E-state index is -1.44. The van der Waals surface area contributed by atoms with Gasteiger partial charge in [0, 0.05) is 0 Å². The third kappa shape index (κ3) is 5.58. The van der Waals surface area contributed by atoms with Crippen molar-refractivity contribution >= 4 is 5.97 Å². The molecule has 0 aromatic carbocycles. The molecule has 4 N–H and O–H groups in total. The van der Waals surface area contributed by atoms with Crippen LogP contribution < -0.4 is 10.9 Å². The number of nitrogens with zero attached hydrogens (tertiary/aromatic N) is 3. The molecule has 74 valence electrons. The number of aromatic nitrogens is 3. The van der Waals surface area contributed by atoms with E-state index in [4.69, 9.17) is 26.0 Å². The molecule has 1 aromatic rings. The molecular weight excluding hydrogens is 180 g/mol. The number of rotatable bonds is 2. The summed E-state index contributed by atoms with van der Waals surface area (Å²) in [4.78, 5) is 10.1. The zero-order valence-electron chi connectivity index (χ0n) is 6.62. The van der Waals surface area contributed by atoms with E-state index in [1.54, 1.807) is 0 Å². The molecule has 0 radical (unpaired) electrons. The van der Waals surface area contributed by atoms with Crippen LogP contribution in [0.25, 0.3) is 0 Å². The molecule has 1 aromatic heterocycles. The lowest BCUT2D eigenvalue weighted by Crippen LogP contribution is -2.25. The molecule has 0 spiro atoms. The van der Waals surface area contributed by atoms with Crippen LogP contribution in [0.2, 0.25) is 0 Å². The number of carboxylic acid groups (broad SMARTS) is 1. The van der Waals surface area contributed by atoms with Crippen LogP contribution >= 0.6 is 0 Å². The minimum Gasteiger partial charge on any atom is -0.548 e. The number of hydrogen-bond acceptors (Lipinski definition) is 7. The molecule has 0 bridgehead atoms. The predicted molar refractivity (Wildman–Crippen MR) is 38.2 cm³/mol. The first-order chi connectivity index (χ1) is 6.10. The van der Waals surface area contributed by atoms with Crippen LogP contribution in [0, 0.1) is 0 Å². The van der Waals surface area contributed by atoms with E-state index in [0.717, 1.165) is 4.79 Å². The number of hydrogen-bond donors (Lipinski definition) is 3. The number of aliphatic hydroxyl groups is 2. The summed E-state index contributed by atoms with van der Waals surface area (Å²) < 4.78 is 0. The predicted octanol–water partition coefficient (Wildman–Crippen LogP) is -3.79. The largest absolute Gasteiger partial charge is 0.548 e. The number of carboxylic acids is 1. The van der Waals surface area contributed by atoms with Gasteiger partial charge in [0.25, 0.3) is 0 Å². The fraction of sp³-hybridized carbons (Fsp3) is 0.400. The van der Waals surface area contributed by atoms with Gasteiger partial charge in [-0.25, -0.2) is 0 Å². The number of aliphatic hydroxyl groups excluding tert-OH is 2. The molecule has 0 saturated carbocycles. The maximum absolute atomic E-state index is 9.01. The lowest BCUT2D eigenvalue weighted by atomic mass is 10.5. The van der Waals surface area contributed by atoms with Crippen LogP contribution in [0.15, 0.2) is 6.20 Å². The van der Waals surface area contributed by atoms with E-state index in [0.29, 0.717) is 5.69 Å². The average Bonchev–Trinajstić information content (AvgIpc) is 2.52. The highest BCUT2D eigenvalue weighted by molar-refractivity contribution is 5.65. The Bertz CT molecular complexity index is 261. The average molecular weight is 189 g/mol. The second-order valence-corrected chi connectivity index (χ2v) is 1.88. The Morgan fingerprint density at radius 1 is 1.69 bits per heavy atom. The number of carbonyl (C=O) groups excluding carboxylic acids is 1. The monoisotopic (exact) mass is 189 g/mol. The van der Waals surface area contributed by atoms with Gasteiger partial charge in [-0.05, 0) is 5.21 Å². The lowest BCUT2D eigenvalue weighted by molar-refractivity contribution is -0.308. The van der Waals surface area contributed by atoms with Crippen molar-refractivity contribution in [2.45, 2.75) is 6.61 Å². The van der Waals surface area contributed by atoms with Gasteiger partial charge < -0.3 is 26.0 Å². The van der Waals surface area contributed by atoms with Crippen molar-refractivity contribution in [2.75, 3.05) is 12.4 Å². The SMILES string of the molecule is Nn1cc(CO)nn1.O=C([O-])CO. The van der Waals surface area contributed by atoms with Crippen LogP contribution in [0.4, 0.5) is 0 Å². The van der Waals surface area contributed by atoms with Gasteiger partial charge in [0.2, 0.25) is 0 Å². The molecule has 8 nitrogen and oxygen atoms in total. The quantitative estimate of drug-likeness (QED) is 0.406. The van der Waals surface area contributed by atoms with Crippen molar-refractivity contribution in [1.82, 2.24) is 15.1 Å². The number of carbonyl (C=O) groups is 1. The minimum absolute atomic E-state index is 0.114. The van der Waals surface area contributed by atoms with Crippen LogP contribution in [0.3, 0.4) is 0 Å². The lowest BCUT2D eigenvalue weighted by Gasteiger charge is -1.86. The molecule has 0 aliphatic rings. The Balaban J connectivity index is 0.000000252. The summed E-state index contributed by atoms with van der Waals surface area (Å²) in [7, 11) is 0. The third-order valence-corrected chi connectivity index (χ3v) is 0.849. The summed E-state index contributed by atoms with van der Waals surface area (Å²) in [6, 6.07) is 0. The fourth-order valence-corrected chi connectivity index (χ4v) is 0.386. The molecule has 1 heterocycles. The number of nitrogens with two attached hydrogens (primary N) is 1. The molecular formula is C5H9N4O4-. The van der Waals surface area contributed by atoms with Gasteiger partial charge in [0.15, 0.2) is 0 Å². The normalized spacial score (nSPS) is 8.77. The van der Waals surface area contributed by atoms with Gasteiger partial charge in [-0.3, -0.25) is 0 Å². The third-order valence-electron chi connectivity index (χ3n) is 0.849. The van der Waals surface area contributed by atoms with Crippen molar-refractivity contribution in [3.8, 4) is 0 Å². The Kier molecular flexibility index (Phi) is 5.15. The molecule has 0 aliphatic carbocycles. The van der Waals surface area contributed by atoms with Crippen LogP contribution in [-0.4, -0.2) is 37.9 Å². The smallest absolute Gasteiger partial charge is 0.110 e. The van der Waals surface area contributed by atoms with E-state index in [1.165, 1.54) is 6.20 Å². The second-order valence-electron chi connectivity index (χ2n) is 1.88. The van der Waals surface area contributed by atoms with Gasteiger partial charge in [-0.15, -0.1) is 5.10 Å². The van der Waals surface area contributed by atoms with Crippen LogP contribution in [-0.2, 0) is 11.4 Å². The summed E-state index contributed by atoms with van der Waals surface area (Å²) in [5.41, 5.74) is 0.479. The van der Waals surface area contributed by atoms with E-state index < -0.39 is 12.6 Å².